The Morgan fingerprint density at radius 2 is 2.19 bits per heavy atom. The van der Waals surface area contributed by atoms with Gasteiger partial charge in [0.25, 0.3) is 0 Å². The zero-order valence-electron chi connectivity index (χ0n) is 14.1. The van der Waals surface area contributed by atoms with Crippen LogP contribution >= 0.6 is 0 Å². The maximum Gasteiger partial charge on any atom is 0.224 e. The summed E-state index contributed by atoms with van der Waals surface area (Å²) in [4.78, 5) is 14.6. The third-order valence-electron chi connectivity index (χ3n) is 4.13. The van der Waals surface area contributed by atoms with E-state index in [2.05, 4.69) is 24.1 Å². The number of methoxy groups -OCH3 is 2. The fourth-order valence-electron chi connectivity index (χ4n) is 2.97. The number of amides is 1. The lowest BCUT2D eigenvalue weighted by molar-refractivity contribution is -0.127. The molecule has 1 aliphatic heterocycles. The van der Waals surface area contributed by atoms with E-state index in [4.69, 9.17) is 9.47 Å². The van der Waals surface area contributed by atoms with Crippen molar-refractivity contribution in [2.75, 3.05) is 40.5 Å². The summed E-state index contributed by atoms with van der Waals surface area (Å²) in [5.74, 6) is 0.319. The normalized spacial score (nSPS) is 22.8. The Hall–Kier alpha value is -0.650. The van der Waals surface area contributed by atoms with Crippen LogP contribution in [-0.2, 0) is 14.3 Å². The van der Waals surface area contributed by atoms with Crippen LogP contribution in [0.4, 0.5) is 0 Å². The first-order valence-electron chi connectivity index (χ1n) is 8.15. The van der Waals surface area contributed by atoms with Gasteiger partial charge in [0.05, 0.1) is 18.6 Å². The van der Waals surface area contributed by atoms with Crippen molar-refractivity contribution in [1.82, 2.24) is 10.2 Å². The van der Waals surface area contributed by atoms with Crippen LogP contribution in [0.2, 0.25) is 0 Å². The van der Waals surface area contributed by atoms with Gasteiger partial charge in [0.2, 0.25) is 5.91 Å². The summed E-state index contributed by atoms with van der Waals surface area (Å²) >= 11 is 0. The molecule has 3 unspecified atom stereocenters. The van der Waals surface area contributed by atoms with Crippen LogP contribution in [0.1, 0.15) is 39.5 Å². The Kier molecular flexibility index (Phi) is 8.88. The van der Waals surface area contributed by atoms with Gasteiger partial charge in [0.1, 0.15) is 0 Å². The highest BCUT2D eigenvalue weighted by molar-refractivity contribution is 5.79. The largest absolute Gasteiger partial charge is 0.382 e. The van der Waals surface area contributed by atoms with Crippen LogP contribution in [0.25, 0.3) is 0 Å². The van der Waals surface area contributed by atoms with Gasteiger partial charge in [-0.25, -0.2) is 0 Å². The molecule has 1 N–H and O–H groups in total. The first-order valence-corrected chi connectivity index (χ1v) is 8.15. The second-order valence-electron chi connectivity index (χ2n) is 6.11. The number of ether oxygens (including phenoxy) is 2. The van der Waals surface area contributed by atoms with Crippen molar-refractivity contribution < 1.29 is 14.3 Å². The van der Waals surface area contributed by atoms with Gasteiger partial charge in [-0.1, -0.05) is 13.3 Å². The first-order chi connectivity index (χ1) is 10.1. The van der Waals surface area contributed by atoms with E-state index in [-0.39, 0.29) is 24.0 Å². The van der Waals surface area contributed by atoms with Gasteiger partial charge in [0, 0.05) is 33.4 Å². The SMILES string of the molecule is CCCC(C)NC(=O)C1CCCN(CC(COC)OC)C1. The van der Waals surface area contributed by atoms with Crippen molar-refractivity contribution in [2.45, 2.75) is 51.7 Å². The van der Waals surface area contributed by atoms with Crippen LogP contribution in [-0.4, -0.2) is 63.4 Å². The molecule has 3 atom stereocenters. The van der Waals surface area contributed by atoms with Crippen molar-refractivity contribution in [2.24, 2.45) is 5.92 Å². The van der Waals surface area contributed by atoms with Gasteiger partial charge < -0.3 is 14.8 Å². The molecule has 0 saturated carbocycles. The molecule has 0 aromatic heterocycles. The molecule has 0 aromatic rings. The lowest BCUT2D eigenvalue weighted by Gasteiger charge is -2.34. The van der Waals surface area contributed by atoms with Gasteiger partial charge in [-0.05, 0) is 32.7 Å². The second kappa shape index (κ2) is 10.1. The summed E-state index contributed by atoms with van der Waals surface area (Å²) < 4.78 is 10.6. The van der Waals surface area contributed by atoms with Crippen LogP contribution in [0.3, 0.4) is 0 Å². The average Bonchev–Trinajstić information content (AvgIpc) is 2.47. The average molecular weight is 300 g/mol. The molecule has 1 fully saturated rings. The predicted octanol–water partition coefficient (Wildman–Crippen LogP) is 1.66. The zero-order chi connectivity index (χ0) is 15.7. The molecule has 0 aromatic carbocycles. The molecule has 5 heteroatoms. The van der Waals surface area contributed by atoms with Crippen LogP contribution in [0.5, 0.6) is 0 Å². The summed E-state index contributed by atoms with van der Waals surface area (Å²) in [6.45, 7) is 7.52. The highest BCUT2D eigenvalue weighted by Crippen LogP contribution is 2.17. The molecule has 1 amide bonds. The van der Waals surface area contributed by atoms with E-state index in [1.165, 1.54) is 0 Å². The van der Waals surface area contributed by atoms with Gasteiger partial charge in [-0.3, -0.25) is 9.69 Å². The van der Waals surface area contributed by atoms with Crippen LogP contribution < -0.4 is 5.32 Å². The van der Waals surface area contributed by atoms with E-state index in [0.717, 1.165) is 45.3 Å². The van der Waals surface area contributed by atoms with E-state index >= 15 is 0 Å². The Balaban J connectivity index is 2.42. The molecule has 1 saturated heterocycles. The summed E-state index contributed by atoms with van der Waals surface area (Å²) in [6.07, 6.45) is 4.29. The highest BCUT2D eigenvalue weighted by atomic mass is 16.5. The number of hydrogen-bond acceptors (Lipinski definition) is 4. The lowest BCUT2D eigenvalue weighted by atomic mass is 9.96. The molecule has 124 valence electrons. The van der Waals surface area contributed by atoms with E-state index < -0.39 is 0 Å². The number of carbonyl (C=O) groups excluding carboxylic acids is 1. The second-order valence-corrected chi connectivity index (χ2v) is 6.11. The molecule has 0 radical (unpaired) electrons. The molecular formula is C16H32N2O3. The standard InChI is InChI=1S/C16H32N2O3/c1-5-7-13(2)17-16(19)14-8-6-9-18(10-14)11-15(21-4)12-20-3/h13-15H,5-12H2,1-4H3,(H,17,19). The number of carbonyl (C=O) groups is 1. The van der Waals surface area contributed by atoms with E-state index in [0.29, 0.717) is 6.61 Å². The minimum absolute atomic E-state index is 0.0795. The number of nitrogens with zero attached hydrogens (tertiary/aromatic N) is 1. The van der Waals surface area contributed by atoms with Gasteiger partial charge >= 0.3 is 0 Å². The summed E-state index contributed by atoms with van der Waals surface area (Å²) in [5, 5.41) is 3.14. The number of hydrogen-bond donors (Lipinski definition) is 1. The van der Waals surface area contributed by atoms with Crippen molar-refractivity contribution in [3.8, 4) is 0 Å². The van der Waals surface area contributed by atoms with Crippen LogP contribution in [0, 0.1) is 5.92 Å². The Bertz CT molecular complexity index is 299. The van der Waals surface area contributed by atoms with E-state index in [1.54, 1.807) is 14.2 Å². The molecule has 0 aliphatic carbocycles. The Morgan fingerprint density at radius 1 is 1.43 bits per heavy atom. The first kappa shape index (κ1) is 18.4. The van der Waals surface area contributed by atoms with Crippen molar-refractivity contribution in [3.63, 3.8) is 0 Å². The maximum absolute atomic E-state index is 12.3. The maximum atomic E-state index is 12.3. The summed E-state index contributed by atoms with van der Waals surface area (Å²) in [6, 6.07) is 0.276. The predicted molar refractivity (Wildman–Crippen MR) is 84.3 cm³/mol. The molecule has 1 heterocycles. The van der Waals surface area contributed by atoms with Crippen molar-refractivity contribution in [1.29, 1.82) is 0 Å². The Labute approximate surface area is 129 Å². The minimum atomic E-state index is 0.0795. The highest BCUT2D eigenvalue weighted by Gasteiger charge is 2.27. The zero-order valence-corrected chi connectivity index (χ0v) is 14.1. The van der Waals surface area contributed by atoms with Crippen LogP contribution in [0.15, 0.2) is 0 Å². The summed E-state index contributed by atoms with van der Waals surface area (Å²) in [5.41, 5.74) is 0. The fraction of sp³-hybridized carbons (Fsp3) is 0.938. The van der Waals surface area contributed by atoms with Gasteiger partial charge in [-0.15, -0.1) is 0 Å². The molecule has 5 nitrogen and oxygen atoms in total. The topological polar surface area (TPSA) is 50.8 Å². The molecule has 0 spiro atoms. The number of rotatable bonds is 9. The Morgan fingerprint density at radius 3 is 2.81 bits per heavy atom. The lowest BCUT2D eigenvalue weighted by Crippen LogP contribution is -2.47. The third kappa shape index (κ3) is 6.76. The van der Waals surface area contributed by atoms with Gasteiger partial charge in [0.15, 0.2) is 0 Å². The minimum Gasteiger partial charge on any atom is -0.382 e. The number of likely N-dealkylation sites (tertiary alicyclic amines) is 1. The fourth-order valence-corrected chi connectivity index (χ4v) is 2.97. The molecule has 0 bridgehead atoms. The van der Waals surface area contributed by atoms with Crippen molar-refractivity contribution >= 4 is 5.91 Å². The molecule has 1 rings (SSSR count). The van der Waals surface area contributed by atoms with E-state index in [9.17, 15) is 4.79 Å². The number of nitrogens with one attached hydrogen (secondary N) is 1. The monoisotopic (exact) mass is 300 g/mol. The number of piperidine rings is 1. The molecule has 1 aliphatic rings. The molecule has 21 heavy (non-hydrogen) atoms. The third-order valence-corrected chi connectivity index (χ3v) is 4.13. The van der Waals surface area contributed by atoms with E-state index in [1.807, 2.05) is 0 Å². The smallest absolute Gasteiger partial charge is 0.224 e. The quantitative estimate of drug-likeness (QED) is 0.704. The van der Waals surface area contributed by atoms with Gasteiger partial charge in [-0.2, -0.15) is 0 Å². The van der Waals surface area contributed by atoms with Crippen molar-refractivity contribution in [3.05, 3.63) is 0 Å². The molecular weight excluding hydrogens is 268 g/mol. The summed E-state index contributed by atoms with van der Waals surface area (Å²) in [7, 11) is 3.40.